The van der Waals surface area contributed by atoms with E-state index in [-0.39, 0.29) is 0 Å². The van der Waals surface area contributed by atoms with Crippen molar-refractivity contribution in [2.45, 2.75) is 0 Å². The Morgan fingerprint density at radius 3 is 2.76 bits per heavy atom. The Kier molecular flexibility index (Phi) is 2.61. The van der Waals surface area contributed by atoms with Crippen LogP contribution in [0.5, 0.6) is 0 Å². The van der Waals surface area contributed by atoms with Crippen LogP contribution >= 0.6 is 27.3 Å². The summed E-state index contributed by atoms with van der Waals surface area (Å²) in [6, 6.07) is 11.4. The molecule has 4 heteroatoms. The summed E-state index contributed by atoms with van der Waals surface area (Å²) < 4.78 is 6.81. The lowest BCUT2D eigenvalue weighted by atomic mass is 10.2. The van der Waals surface area contributed by atoms with Crippen LogP contribution in [0.3, 0.4) is 0 Å². The number of carbonyl (C=O) groups excluding carboxylic acids is 1. The zero-order valence-corrected chi connectivity index (χ0v) is 11.0. The van der Waals surface area contributed by atoms with Gasteiger partial charge in [-0.1, -0.05) is 12.1 Å². The van der Waals surface area contributed by atoms with E-state index in [1.165, 1.54) is 0 Å². The molecule has 0 aliphatic heterocycles. The first-order valence-electron chi connectivity index (χ1n) is 5.01. The number of carbonyl (C=O) groups is 1. The highest BCUT2D eigenvalue weighted by atomic mass is 79.9. The first kappa shape index (κ1) is 10.7. The van der Waals surface area contributed by atoms with Gasteiger partial charge in [-0.2, -0.15) is 0 Å². The molecule has 0 fully saturated rings. The molecule has 17 heavy (non-hydrogen) atoms. The molecule has 3 aromatic rings. The Balaban J connectivity index is 2.16. The Morgan fingerprint density at radius 2 is 2.06 bits per heavy atom. The summed E-state index contributed by atoms with van der Waals surface area (Å²) in [6.45, 7) is 0. The largest absolute Gasteiger partial charge is 0.455 e. The molecule has 3 rings (SSSR count). The van der Waals surface area contributed by atoms with Crippen molar-refractivity contribution in [2.75, 3.05) is 0 Å². The lowest BCUT2D eigenvalue weighted by Gasteiger charge is -1.89. The van der Waals surface area contributed by atoms with Crippen molar-refractivity contribution in [2.24, 2.45) is 0 Å². The standard InChI is InChI=1S/C13H7BrO2S/c14-13-4-3-12(17-13)11-6-9-2-1-8(7-15)5-10(9)16-11/h1-7H. The van der Waals surface area contributed by atoms with E-state index in [9.17, 15) is 4.79 Å². The molecule has 0 saturated carbocycles. The second-order valence-electron chi connectivity index (χ2n) is 3.63. The summed E-state index contributed by atoms with van der Waals surface area (Å²) in [5.41, 5.74) is 1.37. The van der Waals surface area contributed by atoms with E-state index in [4.69, 9.17) is 4.42 Å². The van der Waals surface area contributed by atoms with Crippen LogP contribution < -0.4 is 0 Å². The normalized spacial score (nSPS) is 10.9. The predicted molar refractivity (Wildman–Crippen MR) is 72.6 cm³/mol. The number of halogens is 1. The number of furan rings is 1. The maximum absolute atomic E-state index is 10.7. The molecule has 0 aliphatic rings. The van der Waals surface area contributed by atoms with Crippen LogP contribution in [0, 0.1) is 0 Å². The maximum atomic E-state index is 10.7. The van der Waals surface area contributed by atoms with E-state index < -0.39 is 0 Å². The average Bonchev–Trinajstić information content (AvgIpc) is 2.93. The lowest BCUT2D eigenvalue weighted by molar-refractivity contribution is 0.112. The number of rotatable bonds is 2. The molecule has 84 valence electrons. The third-order valence-electron chi connectivity index (χ3n) is 2.50. The quantitative estimate of drug-likeness (QED) is 0.640. The van der Waals surface area contributed by atoms with E-state index in [0.717, 1.165) is 31.7 Å². The zero-order chi connectivity index (χ0) is 11.8. The van der Waals surface area contributed by atoms with E-state index in [1.54, 1.807) is 23.5 Å². The molecule has 0 saturated heterocycles. The van der Waals surface area contributed by atoms with Gasteiger partial charge in [0.05, 0.1) is 8.66 Å². The highest BCUT2D eigenvalue weighted by Gasteiger charge is 2.08. The SMILES string of the molecule is O=Cc1ccc2cc(-c3ccc(Br)s3)oc2c1. The molecule has 2 heterocycles. The minimum atomic E-state index is 0.630. The van der Waals surface area contributed by atoms with Crippen molar-refractivity contribution in [1.29, 1.82) is 0 Å². The van der Waals surface area contributed by atoms with Gasteiger partial charge in [-0.25, -0.2) is 0 Å². The smallest absolute Gasteiger partial charge is 0.150 e. The molecule has 0 bridgehead atoms. The Bertz CT molecular complexity index is 696. The van der Waals surface area contributed by atoms with Crippen LogP contribution in [0.4, 0.5) is 0 Å². The molecule has 1 aromatic carbocycles. The summed E-state index contributed by atoms with van der Waals surface area (Å²) in [5.74, 6) is 0.832. The number of fused-ring (bicyclic) bond motifs is 1. The topological polar surface area (TPSA) is 30.2 Å². The molecule has 0 N–H and O–H groups in total. The second-order valence-corrected chi connectivity index (χ2v) is 6.09. The summed E-state index contributed by atoms with van der Waals surface area (Å²) in [5, 5.41) is 1.01. The molecule has 2 nitrogen and oxygen atoms in total. The molecule has 0 unspecified atom stereocenters. The van der Waals surface area contributed by atoms with Gasteiger partial charge in [0.1, 0.15) is 17.6 Å². The van der Waals surface area contributed by atoms with Crippen molar-refractivity contribution < 1.29 is 9.21 Å². The van der Waals surface area contributed by atoms with Gasteiger partial charge in [-0.3, -0.25) is 4.79 Å². The van der Waals surface area contributed by atoms with Crippen molar-refractivity contribution in [3.8, 4) is 10.6 Å². The highest BCUT2D eigenvalue weighted by molar-refractivity contribution is 9.11. The van der Waals surface area contributed by atoms with E-state index >= 15 is 0 Å². The van der Waals surface area contributed by atoms with Crippen LogP contribution in [-0.2, 0) is 0 Å². The van der Waals surface area contributed by atoms with Crippen molar-refractivity contribution in [3.63, 3.8) is 0 Å². The fourth-order valence-electron chi connectivity index (χ4n) is 1.69. The minimum Gasteiger partial charge on any atom is -0.455 e. The van der Waals surface area contributed by atoms with Gasteiger partial charge >= 0.3 is 0 Å². The van der Waals surface area contributed by atoms with Gasteiger partial charge in [0.15, 0.2) is 0 Å². The van der Waals surface area contributed by atoms with Crippen LogP contribution in [0.2, 0.25) is 0 Å². The van der Waals surface area contributed by atoms with Gasteiger partial charge in [0.25, 0.3) is 0 Å². The van der Waals surface area contributed by atoms with E-state index in [1.807, 2.05) is 24.3 Å². The Labute approximate surface area is 110 Å². The van der Waals surface area contributed by atoms with Crippen LogP contribution in [0.25, 0.3) is 21.6 Å². The third-order valence-corrected chi connectivity index (χ3v) is 4.13. The maximum Gasteiger partial charge on any atom is 0.150 e. The minimum absolute atomic E-state index is 0.630. The van der Waals surface area contributed by atoms with Gasteiger partial charge in [0.2, 0.25) is 0 Å². The van der Waals surface area contributed by atoms with Gasteiger partial charge in [-0.15, -0.1) is 11.3 Å². The summed E-state index contributed by atoms with van der Waals surface area (Å²) in [6.07, 6.45) is 0.823. The van der Waals surface area contributed by atoms with E-state index in [2.05, 4.69) is 15.9 Å². The van der Waals surface area contributed by atoms with Crippen molar-refractivity contribution >= 4 is 44.5 Å². The van der Waals surface area contributed by atoms with Crippen molar-refractivity contribution in [1.82, 2.24) is 0 Å². The molecule has 0 amide bonds. The van der Waals surface area contributed by atoms with Crippen LogP contribution in [-0.4, -0.2) is 6.29 Å². The van der Waals surface area contributed by atoms with Crippen LogP contribution in [0.15, 0.2) is 44.6 Å². The monoisotopic (exact) mass is 306 g/mol. The Hall–Kier alpha value is -1.39. The molecule has 0 radical (unpaired) electrons. The van der Waals surface area contributed by atoms with Crippen LogP contribution in [0.1, 0.15) is 10.4 Å². The van der Waals surface area contributed by atoms with Gasteiger partial charge in [0, 0.05) is 10.9 Å². The number of hydrogen-bond acceptors (Lipinski definition) is 3. The zero-order valence-electron chi connectivity index (χ0n) is 8.64. The first-order valence-corrected chi connectivity index (χ1v) is 6.62. The summed E-state index contributed by atoms with van der Waals surface area (Å²) in [7, 11) is 0. The molecule has 0 spiro atoms. The second kappa shape index (κ2) is 4.13. The van der Waals surface area contributed by atoms with Gasteiger partial charge in [-0.05, 0) is 40.2 Å². The number of benzene rings is 1. The summed E-state index contributed by atoms with van der Waals surface area (Å²) in [4.78, 5) is 11.8. The molecule has 0 aliphatic carbocycles. The predicted octanol–water partition coefficient (Wildman–Crippen LogP) is 4.74. The summed E-state index contributed by atoms with van der Waals surface area (Å²) >= 11 is 5.05. The average molecular weight is 307 g/mol. The number of hydrogen-bond donors (Lipinski definition) is 0. The molecule has 0 atom stereocenters. The van der Waals surface area contributed by atoms with E-state index in [0.29, 0.717) is 5.56 Å². The molecular weight excluding hydrogens is 300 g/mol. The lowest BCUT2D eigenvalue weighted by Crippen LogP contribution is -1.75. The fourth-order valence-corrected chi connectivity index (χ4v) is 3.03. The molecular formula is C13H7BrO2S. The highest BCUT2D eigenvalue weighted by Crippen LogP contribution is 2.34. The fraction of sp³-hybridized carbons (Fsp3) is 0. The van der Waals surface area contributed by atoms with Crippen molar-refractivity contribution in [3.05, 3.63) is 45.7 Å². The van der Waals surface area contributed by atoms with Gasteiger partial charge < -0.3 is 4.42 Å². The third kappa shape index (κ3) is 1.94. The number of aldehydes is 1. The molecule has 2 aromatic heterocycles. The Morgan fingerprint density at radius 1 is 1.18 bits per heavy atom. The number of thiophene rings is 1. The first-order chi connectivity index (χ1) is 8.26.